The van der Waals surface area contributed by atoms with Crippen LogP contribution in [0.15, 0.2) is 47.3 Å². The Morgan fingerprint density at radius 1 is 1.19 bits per heavy atom. The van der Waals surface area contributed by atoms with Crippen molar-refractivity contribution in [3.63, 3.8) is 0 Å². The molecular formula is C19H15F2N3O3. The number of amides is 1. The number of carbonyl (C=O) groups is 1. The molecule has 1 aromatic heterocycles. The van der Waals surface area contributed by atoms with E-state index in [2.05, 4.69) is 14.9 Å². The second-order valence-corrected chi connectivity index (χ2v) is 6.18. The predicted octanol–water partition coefficient (Wildman–Crippen LogP) is 3.12. The van der Waals surface area contributed by atoms with Gasteiger partial charge in [-0.25, -0.2) is 5.10 Å². The van der Waals surface area contributed by atoms with Crippen molar-refractivity contribution < 1.29 is 18.3 Å². The van der Waals surface area contributed by atoms with E-state index in [4.69, 9.17) is 0 Å². The maximum atomic E-state index is 13.1. The minimum atomic E-state index is -2.90. The van der Waals surface area contributed by atoms with Crippen molar-refractivity contribution in [2.45, 2.75) is 19.5 Å². The number of aromatic amines is 1. The number of anilines is 1. The molecule has 0 atom stereocenters. The molecule has 0 saturated heterocycles. The van der Waals surface area contributed by atoms with E-state index in [-0.39, 0.29) is 22.9 Å². The molecule has 8 heteroatoms. The summed E-state index contributed by atoms with van der Waals surface area (Å²) in [6, 6.07) is 11.3. The lowest BCUT2D eigenvalue weighted by Gasteiger charge is -2.29. The fraction of sp³-hybridized carbons (Fsp3) is 0.211. The van der Waals surface area contributed by atoms with Gasteiger partial charge in [-0.15, -0.1) is 0 Å². The quantitative estimate of drug-likeness (QED) is 0.768. The molecule has 0 saturated carbocycles. The zero-order valence-electron chi connectivity index (χ0n) is 14.1. The highest BCUT2D eigenvalue weighted by atomic mass is 19.3. The lowest BCUT2D eigenvalue weighted by Crippen LogP contribution is -2.36. The molecular weight excluding hydrogens is 356 g/mol. The van der Waals surface area contributed by atoms with Crippen molar-refractivity contribution in [1.82, 2.24) is 10.2 Å². The van der Waals surface area contributed by atoms with E-state index in [9.17, 15) is 18.4 Å². The number of carbonyl (C=O) groups excluding carboxylic acids is 1. The number of H-pyrrole nitrogens is 1. The molecule has 4 rings (SSSR count). The zero-order chi connectivity index (χ0) is 19.0. The van der Waals surface area contributed by atoms with Gasteiger partial charge in [-0.3, -0.25) is 9.59 Å². The molecule has 27 heavy (non-hydrogen) atoms. The molecule has 0 radical (unpaired) electrons. The number of nitrogens with one attached hydrogen (secondary N) is 1. The molecule has 138 valence electrons. The van der Waals surface area contributed by atoms with Crippen LogP contribution in [0.1, 0.15) is 22.5 Å². The number of hydrogen-bond donors (Lipinski definition) is 1. The highest BCUT2D eigenvalue weighted by molar-refractivity contribution is 6.12. The van der Waals surface area contributed by atoms with E-state index in [0.717, 1.165) is 5.56 Å². The van der Waals surface area contributed by atoms with Gasteiger partial charge in [-0.2, -0.15) is 13.9 Å². The topological polar surface area (TPSA) is 75.3 Å². The smallest absolute Gasteiger partial charge is 0.387 e. The Hall–Kier alpha value is -3.29. The van der Waals surface area contributed by atoms with Gasteiger partial charge in [-0.05, 0) is 42.7 Å². The minimum Gasteiger partial charge on any atom is -0.435 e. The third kappa shape index (κ3) is 3.14. The number of hydrogen-bond acceptors (Lipinski definition) is 4. The van der Waals surface area contributed by atoms with Gasteiger partial charge in [0, 0.05) is 17.6 Å². The highest BCUT2D eigenvalue weighted by Gasteiger charge is 2.27. The Labute approximate surface area is 152 Å². The van der Waals surface area contributed by atoms with E-state index in [0.29, 0.717) is 35.8 Å². The van der Waals surface area contributed by atoms with E-state index in [1.807, 2.05) is 0 Å². The summed E-state index contributed by atoms with van der Waals surface area (Å²) >= 11 is 0. The van der Waals surface area contributed by atoms with Crippen molar-refractivity contribution in [1.29, 1.82) is 0 Å². The first-order valence-corrected chi connectivity index (χ1v) is 8.41. The number of rotatable bonds is 3. The molecule has 2 aromatic carbocycles. The van der Waals surface area contributed by atoms with Crippen LogP contribution in [0.3, 0.4) is 0 Å². The molecule has 0 aliphatic carbocycles. The van der Waals surface area contributed by atoms with Gasteiger partial charge in [0.2, 0.25) is 0 Å². The highest BCUT2D eigenvalue weighted by Crippen LogP contribution is 2.32. The molecule has 0 unspecified atom stereocenters. The zero-order valence-corrected chi connectivity index (χ0v) is 14.1. The second-order valence-electron chi connectivity index (χ2n) is 6.18. The van der Waals surface area contributed by atoms with E-state index < -0.39 is 6.61 Å². The van der Waals surface area contributed by atoms with Crippen LogP contribution in [0.2, 0.25) is 0 Å². The number of ether oxygens (including phenoxy) is 1. The van der Waals surface area contributed by atoms with Crippen molar-refractivity contribution in [3.8, 4) is 5.75 Å². The van der Waals surface area contributed by atoms with Crippen LogP contribution >= 0.6 is 0 Å². The Morgan fingerprint density at radius 3 is 2.74 bits per heavy atom. The average Bonchev–Trinajstić information content (AvgIpc) is 2.67. The van der Waals surface area contributed by atoms with Gasteiger partial charge >= 0.3 is 6.61 Å². The Kier molecular flexibility index (Phi) is 4.31. The number of aryl methyl sites for hydroxylation is 1. The molecule has 0 bridgehead atoms. The van der Waals surface area contributed by atoms with Gasteiger partial charge in [0.05, 0.1) is 5.39 Å². The first-order valence-electron chi connectivity index (χ1n) is 8.41. The summed E-state index contributed by atoms with van der Waals surface area (Å²) in [6.07, 6.45) is 1.33. The molecule has 1 aliphatic rings. The standard InChI is InChI=1S/C19H15F2N3O3/c20-19(21)27-12-7-8-15-11(10-12)4-3-9-24(15)18(26)16-13-5-1-2-6-14(13)17(25)23-22-16/h1-2,5-8,10,19H,3-4,9H2,(H,23,25). The fourth-order valence-corrected chi connectivity index (χ4v) is 3.37. The molecule has 2 heterocycles. The number of halogens is 2. The summed E-state index contributed by atoms with van der Waals surface area (Å²) in [4.78, 5) is 26.6. The van der Waals surface area contributed by atoms with E-state index >= 15 is 0 Å². The summed E-state index contributed by atoms with van der Waals surface area (Å²) in [7, 11) is 0. The molecule has 1 N–H and O–H groups in total. The second kappa shape index (κ2) is 6.79. The van der Waals surface area contributed by atoms with Crippen molar-refractivity contribution in [2.75, 3.05) is 11.4 Å². The molecule has 6 nitrogen and oxygen atoms in total. The van der Waals surface area contributed by atoms with Crippen LogP contribution in [-0.4, -0.2) is 29.3 Å². The average molecular weight is 371 g/mol. The molecule has 3 aromatic rings. The third-order valence-electron chi connectivity index (χ3n) is 4.54. The molecule has 0 fully saturated rings. The summed E-state index contributed by atoms with van der Waals surface area (Å²) in [6.45, 7) is -2.43. The van der Waals surface area contributed by atoms with Gasteiger partial charge < -0.3 is 9.64 Å². The number of nitrogens with zero attached hydrogens (tertiary/aromatic N) is 2. The van der Waals surface area contributed by atoms with Crippen molar-refractivity contribution in [3.05, 3.63) is 64.1 Å². The number of fused-ring (bicyclic) bond motifs is 2. The van der Waals surface area contributed by atoms with E-state index in [1.165, 1.54) is 12.1 Å². The largest absolute Gasteiger partial charge is 0.435 e. The Balaban J connectivity index is 1.75. The number of benzene rings is 2. The maximum Gasteiger partial charge on any atom is 0.387 e. The van der Waals surface area contributed by atoms with Gasteiger partial charge in [-0.1, -0.05) is 18.2 Å². The van der Waals surface area contributed by atoms with Crippen molar-refractivity contribution in [2.24, 2.45) is 0 Å². The Bertz CT molecular complexity index is 1080. The lowest BCUT2D eigenvalue weighted by molar-refractivity contribution is -0.0498. The summed E-state index contributed by atoms with van der Waals surface area (Å²) in [5, 5.41) is 7.17. The Morgan fingerprint density at radius 2 is 1.96 bits per heavy atom. The number of aromatic nitrogens is 2. The third-order valence-corrected chi connectivity index (χ3v) is 4.54. The monoisotopic (exact) mass is 371 g/mol. The van der Waals surface area contributed by atoms with Crippen LogP contribution in [0, 0.1) is 0 Å². The first kappa shape index (κ1) is 17.1. The lowest BCUT2D eigenvalue weighted by atomic mass is 10.0. The molecule has 1 amide bonds. The fourth-order valence-electron chi connectivity index (χ4n) is 3.37. The van der Waals surface area contributed by atoms with Crippen LogP contribution < -0.4 is 15.2 Å². The molecule has 0 spiro atoms. The van der Waals surface area contributed by atoms with E-state index in [1.54, 1.807) is 35.2 Å². The van der Waals surface area contributed by atoms with Gasteiger partial charge in [0.25, 0.3) is 11.5 Å². The van der Waals surface area contributed by atoms with Crippen LogP contribution in [-0.2, 0) is 6.42 Å². The maximum absolute atomic E-state index is 13.1. The summed E-state index contributed by atoms with van der Waals surface area (Å²) in [5.41, 5.74) is 1.16. The summed E-state index contributed by atoms with van der Waals surface area (Å²) in [5.74, 6) is -0.295. The van der Waals surface area contributed by atoms with Crippen LogP contribution in [0.4, 0.5) is 14.5 Å². The SMILES string of the molecule is O=C(c1n[nH]c(=O)c2ccccc12)N1CCCc2cc(OC(F)F)ccc21. The number of alkyl halides is 2. The predicted molar refractivity (Wildman–Crippen MR) is 95.4 cm³/mol. The first-order chi connectivity index (χ1) is 13.0. The minimum absolute atomic E-state index is 0.0608. The van der Waals surface area contributed by atoms with Crippen LogP contribution in [0.25, 0.3) is 10.8 Å². The van der Waals surface area contributed by atoms with Gasteiger partial charge in [0.1, 0.15) is 5.75 Å². The van der Waals surface area contributed by atoms with Gasteiger partial charge in [0.15, 0.2) is 5.69 Å². The normalized spacial score (nSPS) is 13.7. The summed E-state index contributed by atoms with van der Waals surface area (Å²) < 4.78 is 29.3. The van der Waals surface area contributed by atoms with Crippen LogP contribution in [0.5, 0.6) is 5.75 Å². The van der Waals surface area contributed by atoms with Crippen molar-refractivity contribution >= 4 is 22.4 Å². The molecule has 1 aliphatic heterocycles.